The Kier molecular flexibility index (Phi) is 5.83. The summed E-state index contributed by atoms with van der Waals surface area (Å²) in [4.78, 5) is -0.229. The second kappa shape index (κ2) is 7.98. The normalized spacial score (nSPS) is 11.8. The van der Waals surface area contributed by atoms with E-state index in [0.29, 0.717) is 16.5 Å². The van der Waals surface area contributed by atoms with Gasteiger partial charge in [-0.1, -0.05) is 60.3 Å². The summed E-state index contributed by atoms with van der Waals surface area (Å²) in [6.07, 6.45) is 0. The number of azo groups is 1. The molecule has 8 heteroatoms. The maximum Gasteiger partial charge on any atom is 1.00 e. The van der Waals surface area contributed by atoms with Gasteiger partial charge in [0.1, 0.15) is 0 Å². The van der Waals surface area contributed by atoms with Gasteiger partial charge in [-0.2, -0.15) is 13.5 Å². The topological polar surface area (TPSA) is 102 Å². The molecule has 4 aromatic rings. The third-order valence-electron chi connectivity index (χ3n) is 4.25. The average molecular weight is 400 g/mol. The molecule has 0 unspecified atom stereocenters. The number of benzene rings is 4. The van der Waals surface area contributed by atoms with Crippen LogP contribution < -0.4 is 34.7 Å². The fourth-order valence-electron chi connectivity index (χ4n) is 2.93. The predicted molar refractivity (Wildman–Crippen MR) is 101 cm³/mol. The molecule has 0 radical (unpaired) electrons. The van der Waals surface area contributed by atoms with Crippen LogP contribution in [-0.4, -0.2) is 13.0 Å². The van der Waals surface area contributed by atoms with Crippen molar-refractivity contribution in [2.45, 2.75) is 4.90 Å². The van der Waals surface area contributed by atoms with Gasteiger partial charge < -0.3 is 5.11 Å². The van der Waals surface area contributed by atoms with E-state index in [1.807, 2.05) is 18.2 Å². The summed E-state index contributed by atoms with van der Waals surface area (Å²) in [7, 11) is -4.34. The molecular formula is C20H13N2NaO4S. The largest absolute Gasteiger partial charge is 1.00 e. The summed E-state index contributed by atoms with van der Waals surface area (Å²) in [6, 6.07) is 20.0. The first-order valence-corrected chi connectivity index (χ1v) is 9.48. The Morgan fingerprint density at radius 1 is 0.786 bits per heavy atom. The van der Waals surface area contributed by atoms with E-state index in [0.717, 1.165) is 10.8 Å². The molecule has 28 heavy (non-hydrogen) atoms. The smallest absolute Gasteiger partial charge is 0.871 e. The Labute approximate surface area is 183 Å². The van der Waals surface area contributed by atoms with Crippen LogP contribution in [0, 0.1) is 0 Å². The molecule has 0 aromatic heterocycles. The monoisotopic (exact) mass is 400 g/mol. The molecule has 6 nitrogen and oxygen atoms in total. The zero-order chi connectivity index (χ0) is 19.0. The summed E-state index contributed by atoms with van der Waals surface area (Å²) in [5.74, 6) is -0.253. The van der Waals surface area contributed by atoms with Crippen molar-refractivity contribution < 1.29 is 47.6 Å². The number of hydrogen-bond acceptors (Lipinski definition) is 5. The second-order valence-corrected chi connectivity index (χ2v) is 7.39. The molecule has 0 atom stereocenters. The molecule has 4 rings (SSSR count). The van der Waals surface area contributed by atoms with Gasteiger partial charge in [0.2, 0.25) is 0 Å². The standard InChI is InChI=1S/C20H14N2O4S.Na/c23-19-11-9-13-4-1-2-6-16(13)20(19)22-21-18-7-3-5-14-8-10-15(12-17(14)18)27(24,25)26;/h1-12,23H,(H,24,25,26);/q;+1/p-1. The summed E-state index contributed by atoms with van der Waals surface area (Å²) in [5, 5.41) is 23.4. The first-order valence-electron chi connectivity index (χ1n) is 8.04. The van der Waals surface area contributed by atoms with Crippen molar-refractivity contribution in [3.05, 3.63) is 72.8 Å². The van der Waals surface area contributed by atoms with Gasteiger partial charge in [0.15, 0.2) is 0 Å². The minimum atomic E-state index is -4.34. The Morgan fingerprint density at radius 3 is 2.25 bits per heavy atom. The second-order valence-electron chi connectivity index (χ2n) is 5.97. The van der Waals surface area contributed by atoms with Gasteiger partial charge in [-0.3, -0.25) is 4.55 Å². The first-order chi connectivity index (χ1) is 12.9. The third-order valence-corrected chi connectivity index (χ3v) is 5.10. The molecule has 4 aromatic carbocycles. The molecule has 134 valence electrons. The van der Waals surface area contributed by atoms with Gasteiger partial charge in [0.05, 0.1) is 16.3 Å². The molecule has 0 saturated heterocycles. The van der Waals surface area contributed by atoms with E-state index in [2.05, 4.69) is 10.2 Å². The first kappa shape index (κ1) is 20.4. The van der Waals surface area contributed by atoms with E-state index in [9.17, 15) is 18.1 Å². The summed E-state index contributed by atoms with van der Waals surface area (Å²) >= 11 is 0. The number of fused-ring (bicyclic) bond motifs is 2. The van der Waals surface area contributed by atoms with Crippen LogP contribution in [0.2, 0.25) is 0 Å². The minimum absolute atomic E-state index is 0. The van der Waals surface area contributed by atoms with Crippen molar-refractivity contribution >= 4 is 43.0 Å². The van der Waals surface area contributed by atoms with Crippen molar-refractivity contribution in [3.63, 3.8) is 0 Å². The Hall–Kier alpha value is -2.29. The molecule has 0 saturated carbocycles. The van der Waals surface area contributed by atoms with Crippen LogP contribution in [0.4, 0.5) is 11.4 Å². The molecule has 0 heterocycles. The third kappa shape index (κ3) is 3.94. The van der Waals surface area contributed by atoms with Crippen LogP contribution in [0.25, 0.3) is 21.5 Å². The van der Waals surface area contributed by atoms with Gasteiger partial charge in [-0.05, 0) is 29.0 Å². The fraction of sp³-hybridized carbons (Fsp3) is 0. The molecular weight excluding hydrogens is 387 g/mol. The molecule has 0 aliphatic heterocycles. The van der Waals surface area contributed by atoms with Crippen LogP contribution >= 0.6 is 0 Å². The molecule has 0 aliphatic rings. The predicted octanol–water partition coefficient (Wildman–Crippen LogP) is 1.73. The van der Waals surface area contributed by atoms with Crippen molar-refractivity contribution in [1.29, 1.82) is 0 Å². The summed E-state index contributed by atoms with van der Waals surface area (Å²) in [6.45, 7) is 0. The van der Waals surface area contributed by atoms with E-state index in [1.165, 1.54) is 18.2 Å². The Morgan fingerprint density at radius 2 is 1.46 bits per heavy atom. The minimum Gasteiger partial charge on any atom is -0.871 e. The van der Waals surface area contributed by atoms with Crippen LogP contribution in [0.3, 0.4) is 0 Å². The quantitative estimate of drug-likeness (QED) is 0.321. The van der Waals surface area contributed by atoms with Gasteiger partial charge in [0.25, 0.3) is 10.1 Å². The number of hydrogen-bond donors (Lipinski definition) is 1. The van der Waals surface area contributed by atoms with Crippen LogP contribution in [0.5, 0.6) is 5.75 Å². The van der Waals surface area contributed by atoms with Crippen LogP contribution in [0.1, 0.15) is 0 Å². The maximum atomic E-state index is 12.2. The average Bonchev–Trinajstić information content (AvgIpc) is 2.66. The Bertz CT molecular complexity index is 1320. The van der Waals surface area contributed by atoms with Gasteiger partial charge >= 0.3 is 29.6 Å². The number of rotatable bonds is 3. The summed E-state index contributed by atoms with van der Waals surface area (Å²) < 4.78 is 32.1. The van der Waals surface area contributed by atoms with Crippen molar-refractivity contribution in [1.82, 2.24) is 0 Å². The van der Waals surface area contributed by atoms with Gasteiger partial charge in [-0.25, -0.2) is 0 Å². The number of nitrogens with zero attached hydrogens (tertiary/aromatic N) is 2. The van der Waals surface area contributed by atoms with Crippen molar-refractivity contribution in [2.24, 2.45) is 10.2 Å². The van der Waals surface area contributed by atoms with E-state index in [-0.39, 0.29) is 45.9 Å². The van der Waals surface area contributed by atoms with E-state index >= 15 is 0 Å². The Balaban J connectivity index is 0.00000225. The maximum absolute atomic E-state index is 12.2. The molecule has 1 N–H and O–H groups in total. The van der Waals surface area contributed by atoms with Gasteiger partial charge in [-0.15, -0.1) is 5.11 Å². The van der Waals surface area contributed by atoms with Crippen molar-refractivity contribution in [2.75, 3.05) is 0 Å². The molecule has 0 aliphatic carbocycles. The molecule has 0 amide bonds. The zero-order valence-electron chi connectivity index (χ0n) is 14.9. The van der Waals surface area contributed by atoms with E-state index < -0.39 is 10.1 Å². The molecule has 0 bridgehead atoms. The van der Waals surface area contributed by atoms with E-state index in [4.69, 9.17) is 0 Å². The van der Waals surface area contributed by atoms with Crippen LogP contribution in [0.15, 0.2) is 87.9 Å². The summed E-state index contributed by atoms with van der Waals surface area (Å²) in [5.41, 5.74) is 0.612. The molecule has 0 fully saturated rings. The van der Waals surface area contributed by atoms with Crippen molar-refractivity contribution in [3.8, 4) is 5.75 Å². The zero-order valence-corrected chi connectivity index (χ0v) is 17.7. The van der Waals surface area contributed by atoms with E-state index in [1.54, 1.807) is 36.4 Å². The SMILES string of the molecule is O=S(=O)(O)c1ccc2cccc(N=Nc3c([O-])ccc4ccccc34)c2c1.[Na+]. The van der Waals surface area contributed by atoms with Gasteiger partial charge in [0, 0.05) is 10.8 Å². The fourth-order valence-corrected chi connectivity index (χ4v) is 3.43. The van der Waals surface area contributed by atoms with Crippen LogP contribution in [-0.2, 0) is 10.1 Å². The molecule has 0 spiro atoms.